The largest absolute Gasteiger partial charge is 0.489 e. The normalized spacial score (nSPS) is 11.2. The highest BCUT2D eigenvalue weighted by atomic mass is 35.5. The molecule has 0 saturated carbocycles. The molecule has 134 valence electrons. The summed E-state index contributed by atoms with van der Waals surface area (Å²) in [6.07, 6.45) is 3.80. The molecule has 1 unspecified atom stereocenters. The van der Waals surface area contributed by atoms with Gasteiger partial charge in [0.05, 0.1) is 0 Å². The van der Waals surface area contributed by atoms with Gasteiger partial charge in [0.25, 0.3) is 0 Å². The van der Waals surface area contributed by atoms with E-state index in [1.54, 1.807) is 24.5 Å². The van der Waals surface area contributed by atoms with E-state index in [-0.39, 0.29) is 48.9 Å². The summed E-state index contributed by atoms with van der Waals surface area (Å²) in [4.78, 5) is 15.6. The Kier molecular flexibility index (Phi) is 7.70. The first-order valence-corrected chi connectivity index (χ1v) is 7.27. The fourth-order valence-electron chi connectivity index (χ4n) is 2.47. The molecular formula is C17H19Cl2N3O3. The zero-order valence-electron chi connectivity index (χ0n) is 13.2. The van der Waals surface area contributed by atoms with Gasteiger partial charge in [-0.05, 0) is 24.1 Å². The maximum absolute atomic E-state index is 11.5. The zero-order valence-corrected chi connectivity index (χ0v) is 14.9. The highest BCUT2D eigenvalue weighted by Gasteiger charge is 2.17. The Bertz CT molecular complexity index is 824. The van der Waals surface area contributed by atoms with Gasteiger partial charge in [-0.15, -0.1) is 24.8 Å². The number of nitrogens with zero attached hydrogens (tertiary/aromatic N) is 2. The number of rotatable bonds is 6. The molecule has 0 saturated heterocycles. The molecule has 0 fully saturated rings. The highest BCUT2D eigenvalue weighted by molar-refractivity contribution is 5.89. The van der Waals surface area contributed by atoms with Gasteiger partial charge in [0.2, 0.25) is 0 Å². The minimum absolute atomic E-state index is 0. The number of carbonyl (C=O) groups is 1. The molecule has 0 bridgehead atoms. The van der Waals surface area contributed by atoms with Gasteiger partial charge in [0, 0.05) is 18.4 Å². The van der Waals surface area contributed by atoms with Crippen molar-refractivity contribution in [3.8, 4) is 5.75 Å². The van der Waals surface area contributed by atoms with Crippen molar-refractivity contribution in [1.82, 2.24) is 9.38 Å². The summed E-state index contributed by atoms with van der Waals surface area (Å²) >= 11 is 0. The van der Waals surface area contributed by atoms with Gasteiger partial charge in [-0.3, -0.25) is 4.40 Å². The Hall–Kier alpha value is -2.28. The first kappa shape index (κ1) is 20.8. The Balaban J connectivity index is 0.00000156. The standard InChI is InChI=1S/C17H17N3O3.2ClH/c18-13(10-12-4-2-1-3-5-12)11-23-14-6-7-15-19-8-9-20(15)16(14)17(21)22;;/h1-9,13H,10-11,18H2,(H,21,22);2*1H. The second-order valence-corrected chi connectivity index (χ2v) is 5.27. The first-order chi connectivity index (χ1) is 11.1. The number of benzene rings is 1. The van der Waals surface area contributed by atoms with Gasteiger partial charge in [-0.2, -0.15) is 0 Å². The van der Waals surface area contributed by atoms with E-state index in [0.29, 0.717) is 12.1 Å². The minimum atomic E-state index is -1.07. The summed E-state index contributed by atoms with van der Waals surface area (Å²) in [6.45, 7) is 0.232. The Labute approximate surface area is 157 Å². The number of carboxylic acids is 1. The second-order valence-electron chi connectivity index (χ2n) is 5.27. The number of fused-ring (bicyclic) bond motifs is 1. The number of imidazole rings is 1. The number of carboxylic acid groups (broad SMARTS) is 1. The lowest BCUT2D eigenvalue weighted by molar-refractivity contribution is 0.0683. The molecule has 0 amide bonds. The predicted molar refractivity (Wildman–Crippen MR) is 100 cm³/mol. The molecule has 25 heavy (non-hydrogen) atoms. The van der Waals surface area contributed by atoms with E-state index in [2.05, 4.69) is 4.98 Å². The van der Waals surface area contributed by atoms with Crippen molar-refractivity contribution < 1.29 is 14.6 Å². The molecule has 6 nitrogen and oxygen atoms in total. The molecule has 0 aliphatic rings. The lowest BCUT2D eigenvalue weighted by atomic mass is 10.1. The predicted octanol–water partition coefficient (Wildman–Crippen LogP) is 2.82. The lowest BCUT2D eigenvalue weighted by Crippen LogP contribution is -2.30. The number of hydrogen-bond donors (Lipinski definition) is 2. The van der Waals surface area contributed by atoms with Crippen molar-refractivity contribution in [2.24, 2.45) is 5.73 Å². The van der Waals surface area contributed by atoms with Crippen LogP contribution >= 0.6 is 24.8 Å². The fourth-order valence-corrected chi connectivity index (χ4v) is 2.47. The van der Waals surface area contributed by atoms with Crippen molar-refractivity contribution >= 4 is 36.4 Å². The van der Waals surface area contributed by atoms with Gasteiger partial charge in [-0.25, -0.2) is 9.78 Å². The van der Waals surface area contributed by atoms with E-state index in [0.717, 1.165) is 5.56 Å². The first-order valence-electron chi connectivity index (χ1n) is 7.27. The quantitative estimate of drug-likeness (QED) is 0.682. The van der Waals surface area contributed by atoms with Gasteiger partial charge in [0.15, 0.2) is 11.4 Å². The second kappa shape index (κ2) is 9.27. The number of aromatic nitrogens is 2. The molecule has 8 heteroatoms. The summed E-state index contributed by atoms with van der Waals surface area (Å²) in [5.74, 6) is -0.785. The van der Waals surface area contributed by atoms with Gasteiger partial charge in [0.1, 0.15) is 12.3 Å². The van der Waals surface area contributed by atoms with Crippen LogP contribution in [-0.2, 0) is 6.42 Å². The van der Waals surface area contributed by atoms with Crippen LogP contribution in [0.25, 0.3) is 5.65 Å². The van der Waals surface area contributed by atoms with Crippen molar-refractivity contribution in [3.63, 3.8) is 0 Å². The Morgan fingerprint density at radius 3 is 2.60 bits per heavy atom. The van der Waals surface area contributed by atoms with Crippen molar-refractivity contribution in [2.75, 3.05) is 6.61 Å². The Morgan fingerprint density at radius 2 is 1.92 bits per heavy atom. The third-order valence-corrected chi connectivity index (χ3v) is 3.52. The number of hydrogen-bond acceptors (Lipinski definition) is 4. The van der Waals surface area contributed by atoms with Gasteiger partial charge >= 0.3 is 5.97 Å². The number of ether oxygens (including phenoxy) is 1. The van der Waals surface area contributed by atoms with Crippen LogP contribution < -0.4 is 10.5 Å². The molecule has 0 aliphatic heterocycles. The van der Waals surface area contributed by atoms with Crippen molar-refractivity contribution in [3.05, 3.63) is 66.1 Å². The van der Waals surface area contributed by atoms with E-state index in [1.165, 1.54) is 4.40 Å². The van der Waals surface area contributed by atoms with Gasteiger partial charge in [-0.1, -0.05) is 30.3 Å². The molecule has 2 aromatic heterocycles. The Morgan fingerprint density at radius 1 is 1.20 bits per heavy atom. The third kappa shape index (κ3) is 4.85. The van der Waals surface area contributed by atoms with Crippen LogP contribution in [0, 0.1) is 0 Å². The van der Waals surface area contributed by atoms with E-state index >= 15 is 0 Å². The smallest absolute Gasteiger partial charge is 0.356 e. The number of pyridine rings is 1. The molecular weight excluding hydrogens is 365 g/mol. The molecule has 3 aromatic rings. The lowest BCUT2D eigenvalue weighted by Gasteiger charge is -2.15. The summed E-state index contributed by atoms with van der Waals surface area (Å²) < 4.78 is 7.14. The molecule has 3 N–H and O–H groups in total. The maximum Gasteiger partial charge on any atom is 0.356 e. The van der Waals surface area contributed by atoms with Crippen LogP contribution in [0.4, 0.5) is 0 Å². The highest BCUT2D eigenvalue weighted by Crippen LogP contribution is 2.20. The molecule has 2 heterocycles. The molecule has 1 atom stereocenters. The summed E-state index contributed by atoms with van der Waals surface area (Å²) in [7, 11) is 0. The monoisotopic (exact) mass is 383 g/mol. The van der Waals surface area contributed by atoms with E-state index in [1.807, 2.05) is 30.3 Å². The van der Waals surface area contributed by atoms with Crippen molar-refractivity contribution in [1.29, 1.82) is 0 Å². The van der Waals surface area contributed by atoms with E-state index in [9.17, 15) is 9.90 Å². The van der Waals surface area contributed by atoms with Gasteiger partial charge < -0.3 is 15.6 Å². The molecule has 3 rings (SSSR count). The average Bonchev–Trinajstić information content (AvgIpc) is 3.01. The van der Waals surface area contributed by atoms with Crippen LogP contribution in [-0.4, -0.2) is 33.1 Å². The summed E-state index contributed by atoms with van der Waals surface area (Å²) in [5, 5.41) is 9.42. The molecule has 0 radical (unpaired) electrons. The van der Waals surface area contributed by atoms with E-state index < -0.39 is 5.97 Å². The SMILES string of the molecule is Cl.Cl.NC(COc1ccc2nccn2c1C(=O)O)Cc1ccccc1. The van der Waals surface area contributed by atoms with Crippen LogP contribution in [0.1, 0.15) is 16.1 Å². The average molecular weight is 384 g/mol. The summed E-state index contributed by atoms with van der Waals surface area (Å²) in [5.41, 5.74) is 7.81. The zero-order chi connectivity index (χ0) is 16.2. The third-order valence-electron chi connectivity index (χ3n) is 3.52. The van der Waals surface area contributed by atoms with Crippen LogP contribution in [0.15, 0.2) is 54.9 Å². The van der Waals surface area contributed by atoms with Crippen LogP contribution in [0.3, 0.4) is 0 Å². The maximum atomic E-state index is 11.5. The molecule has 1 aromatic carbocycles. The molecule has 0 aliphatic carbocycles. The van der Waals surface area contributed by atoms with E-state index in [4.69, 9.17) is 10.5 Å². The number of halogens is 2. The minimum Gasteiger partial charge on any atom is -0.489 e. The number of aromatic carboxylic acids is 1. The van der Waals surface area contributed by atoms with Crippen LogP contribution in [0.5, 0.6) is 5.75 Å². The molecule has 0 spiro atoms. The topological polar surface area (TPSA) is 89.9 Å². The summed E-state index contributed by atoms with van der Waals surface area (Å²) in [6, 6.07) is 13.0. The number of nitrogens with two attached hydrogens (primary N) is 1. The fraction of sp³-hybridized carbons (Fsp3) is 0.176. The van der Waals surface area contributed by atoms with Crippen LogP contribution in [0.2, 0.25) is 0 Å². The van der Waals surface area contributed by atoms with Crippen molar-refractivity contribution in [2.45, 2.75) is 12.5 Å².